The van der Waals surface area contributed by atoms with Gasteiger partial charge in [0.1, 0.15) is 0 Å². The third-order valence-electron chi connectivity index (χ3n) is 4.40. The van der Waals surface area contributed by atoms with Crippen LogP contribution in [0.4, 0.5) is 5.13 Å². The fraction of sp³-hybridized carbons (Fsp3) is 0.692. The van der Waals surface area contributed by atoms with Crippen LogP contribution in [0.2, 0.25) is 0 Å². The van der Waals surface area contributed by atoms with Crippen molar-refractivity contribution in [3.05, 3.63) is 0 Å². The molecule has 4 atom stereocenters. The molecule has 2 aliphatic carbocycles. The average molecular weight is 326 g/mol. The lowest BCUT2D eigenvalue weighted by Crippen LogP contribution is -2.43. The number of hydrogen-bond acceptors (Lipinski definition) is 7. The number of rotatable bonds is 5. The summed E-state index contributed by atoms with van der Waals surface area (Å²) in [4.78, 5) is 23.7. The van der Waals surface area contributed by atoms with Gasteiger partial charge in [0.15, 0.2) is 4.34 Å². The lowest BCUT2D eigenvalue weighted by Gasteiger charge is -2.30. The molecule has 6 nitrogen and oxygen atoms in total. The van der Waals surface area contributed by atoms with Crippen molar-refractivity contribution >= 4 is 40.1 Å². The minimum atomic E-state index is -1.10. The molecule has 2 aliphatic rings. The molecule has 1 N–H and O–H groups in total. The van der Waals surface area contributed by atoms with E-state index in [0.717, 1.165) is 29.4 Å². The van der Waals surface area contributed by atoms with Crippen molar-refractivity contribution < 1.29 is 14.7 Å². The Bertz CT molecular complexity index is 563. The fourth-order valence-corrected chi connectivity index (χ4v) is 5.29. The Kier molecular flexibility index (Phi) is 4.17. The second-order valence-corrected chi connectivity index (χ2v) is 7.99. The molecule has 1 amide bonds. The van der Waals surface area contributed by atoms with Crippen LogP contribution < -0.4 is 10.4 Å². The lowest BCUT2D eigenvalue weighted by molar-refractivity contribution is -0.314. The summed E-state index contributed by atoms with van der Waals surface area (Å²) in [6, 6.07) is 0. The number of carbonyl (C=O) groups excluding carboxylic acids is 2. The SMILES string of the molecule is CCSc1nnc(NC(=O)[C@@H]2[C@@H]3CC[C@@H](C3)[C@@H]2C(=O)[O-])s1. The van der Waals surface area contributed by atoms with E-state index in [4.69, 9.17) is 0 Å². The number of anilines is 1. The highest BCUT2D eigenvalue weighted by molar-refractivity contribution is 8.01. The first-order chi connectivity index (χ1) is 10.1. The molecule has 1 heterocycles. The average Bonchev–Trinajstić information content (AvgIpc) is 3.13. The van der Waals surface area contributed by atoms with Crippen molar-refractivity contribution in [1.29, 1.82) is 0 Å². The highest BCUT2D eigenvalue weighted by Crippen LogP contribution is 2.52. The van der Waals surface area contributed by atoms with E-state index in [0.29, 0.717) is 5.13 Å². The predicted molar refractivity (Wildman–Crippen MR) is 77.8 cm³/mol. The number of amides is 1. The first-order valence-electron chi connectivity index (χ1n) is 7.08. The Labute approximate surface area is 130 Å². The van der Waals surface area contributed by atoms with Crippen LogP contribution in [-0.4, -0.2) is 27.8 Å². The molecule has 114 valence electrons. The third-order valence-corrected chi connectivity index (χ3v) is 6.25. The molecule has 2 saturated carbocycles. The molecule has 2 bridgehead atoms. The second-order valence-electron chi connectivity index (χ2n) is 5.50. The summed E-state index contributed by atoms with van der Waals surface area (Å²) in [6.07, 6.45) is 2.65. The molecule has 21 heavy (non-hydrogen) atoms. The topological polar surface area (TPSA) is 95.0 Å². The number of aromatic nitrogens is 2. The molecule has 0 aromatic carbocycles. The molecule has 0 aliphatic heterocycles. The van der Waals surface area contributed by atoms with Crippen molar-refractivity contribution in [2.24, 2.45) is 23.7 Å². The van der Waals surface area contributed by atoms with Crippen LogP contribution in [-0.2, 0) is 9.59 Å². The molecule has 0 radical (unpaired) electrons. The maximum atomic E-state index is 12.4. The summed E-state index contributed by atoms with van der Waals surface area (Å²) in [6.45, 7) is 2.02. The summed E-state index contributed by atoms with van der Waals surface area (Å²) in [5.74, 6) is -1.34. The van der Waals surface area contributed by atoms with E-state index in [1.54, 1.807) is 11.8 Å². The van der Waals surface area contributed by atoms with Gasteiger partial charge in [0.25, 0.3) is 0 Å². The Hall–Kier alpha value is -1.15. The van der Waals surface area contributed by atoms with Gasteiger partial charge in [0.2, 0.25) is 11.0 Å². The summed E-state index contributed by atoms with van der Waals surface area (Å²) < 4.78 is 0.803. The van der Waals surface area contributed by atoms with Crippen molar-refractivity contribution in [3.63, 3.8) is 0 Å². The standard InChI is InChI=1S/C13H17N3O3S2/c1-2-20-13-16-15-12(21-13)14-10(17)8-6-3-4-7(5-6)9(8)11(18)19/h6-9H,2-5H2,1H3,(H,18,19)(H,14,15,17)/p-1/t6-,7+,8-,9+/m1/s1. The molecule has 1 aromatic heterocycles. The molecule has 3 rings (SSSR count). The second kappa shape index (κ2) is 5.92. The number of carbonyl (C=O) groups is 2. The zero-order valence-corrected chi connectivity index (χ0v) is 13.2. The normalized spacial score (nSPS) is 30.5. The zero-order valence-electron chi connectivity index (χ0n) is 11.6. The maximum Gasteiger partial charge on any atom is 0.230 e. The van der Waals surface area contributed by atoms with Crippen LogP contribution in [0.25, 0.3) is 0 Å². The largest absolute Gasteiger partial charge is 0.550 e. The van der Waals surface area contributed by atoms with Crippen LogP contribution in [0.5, 0.6) is 0 Å². The minimum Gasteiger partial charge on any atom is -0.550 e. The van der Waals surface area contributed by atoms with Gasteiger partial charge in [0.05, 0.1) is 0 Å². The molecule has 0 spiro atoms. The number of hydrogen-bond donors (Lipinski definition) is 1. The van der Waals surface area contributed by atoms with Gasteiger partial charge in [-0.1, -0.05) is 30.0 Å². The van der Waals surface area contributed by atoms with Gasteiger partial charge in [-0.25, -0.2) is 0 Å². The Morgan fingerprint density at radius 2 is 2.05 bits per heavy atom. The van der Waals surface area contributed by atoms with E-state index < -0.39 is 17.8 Å². The van der Waals surface area contributed by atoms with Crippen molar-refractivity contribution in [1.82, 2.24) is 10.2 Å². The van der Waals surface area contributed by atoms with Gasteiger partial charge in [-0.2, -0.15) is 0 Å². The van der Waals surface area contributed by atoms with E-state index in [2.05, 4.69) is 15.5 Å². The smallest absolute Gasteiger partial charge is 0.230 e. The van der Waals surface area contributed by atoms with E-state index in [1.165, 1.54) is 11.3 Å². The summed E-state index contributed by atoms with van der Waals surface area (Å²) in [5.41, 5.74) is 0. The Balaban J connectivity index is 1.70. The number of aliphatic carboxylic acids is 1. The molecule has 2 fully saturated rings. The van der Waals surface area contributed by atoms with Crippen LogP contribution >= 0.6 is 23.1 Å². The predicted octanol–water partition coefficient (Wildman–Crippen LogP) is 1.00. The van der Waals surface area contributed by atoms with Crippen molar-refractivity contribution in [2.45, 2.75) is 30.5 Å². The number of fused-ring (bicyclic) bond motifs is 2. The highest BCUT2D eigenvalue weighted by Gasteiger charge is 2.51. The van der Waals surface area contributed by atoms with Gasteiger partial charge in [-0.15, -0.1) is 10.2 Å². The number of carboxylic acid groups (broad SMARTS) is 1. The number of thioether (sulfide) groups is 1. The van der Waals surface area contributed by atoms with E-state index in [1.807, 2.05) is 6.92 Å². The van der Waals surface area contributed by atoms with Gasteiger partial charge in [-0.3, -0.25) is 4.79 Å². The van der Waals surface area contributed by atoms with Crippen LogP contribution in [0.1, 0.15) is 26.2 Å². The fourth-order valence-electron chi connectivity index (χ4n) is 3.64. The van der Waals surface area contributed by atoms with Crippen LogP contribution in [0.3, 0.4) is 0 Å². The molecule has 1 aromatic rings. The third kappa shape index (κ3) is 2.78. The van der Waals surface area contributed by atoms with Gasteiger partial charge in [-0.05, 0) is 36.9 Å². The maximum absolute atomic E-state index is 12.4. The Morgan fingerprint density at radius 1 is 1.33 bits per heavy atom. The lowest BCUT2D eigenvalue weighted by atomic mass is 9.79. The number of carboxylic acids is 1. The molecule has 0 saturated heterocycles. The molecular formula is C13H16N3O3S2-. The summed E-state index contributed by atoms with van der Waals surface area (Å²) in [7, 11) is 0. The Morgan fingerprint density at radius 3 is 2.71 bits per heavy atom. The quantitative estimate of drug-likeness (QED) is 0.641. The molecule has 8 heteroatoms. The first-order valence-corrected chi connectivity index (χ1v) is 8.88. The van der Waals surface area contributed by atoms with Gasteiger partial charge >= 0.3 is 0 Å². The first kappa shape index (κ1) is 14.8. The van der Waals surface area contributed by atoms with Crippen LogP contribution in [0, 0.1) is 23.7 Å². The molecular weight excluding hydrogens is 310 g/mol. The summed E-state index contributed by atoms with van der Waals surface area (Å²) >= 11 is 2.88. The number of nitrogens with one attached hydrogen (secondary N) is 1. The van der Waals surface area contributed by atoms with Crippen LogP contribution in [0.15, 0.2) is 4.34 Å². The van der Waals surface area contributed by atoms with Crippen molar-refractivity contribution in [3.8, 4) is 0 Å². The summed E-state index contributed by atoms with van der Waals surface area (Å²) in [5, 5.41) is 22.4. The zero-order chi connectivity index (χ0) is 15.0. The van der Waals surface area contributed by atoms with Crippen molar-refractivity contribution in [2.75, 3.05) is 11.1 Å². The van der Waals surface area contributed by atoms with Gasteiger partial charge < -0.3 is 15.2 Å². The van der Waals surface area contributed by atoms with E-state index in [-0.39, 0.29) is 17.7 Å². The monoisotopic (exact) mass is 326 g/mol. The van der Waals surface area contributed by atoms with Gasteiger partial charge in [0, 0.05) is 17.8 Å². The highest BCUT2D eigenvalue weighted by atomic mass is 32.2. The van der Waals surface area contributed by atoms with E-state index in [9.17, 15) is 14.7 Å². The minimum absolute atomic E-state index is 0.0939. The number of nitrogens with zero attached hydrogens (tertiary/aromatic N) is 2. The molecule has 0 unspecified atom stereocenters. The van der Waals surface area contributed by atoms with E-state index >= 15 is 0 Å².